The molecule has 2 N–H and O–H groups in total. The number of primary amides is 1. The Morgan fingerprint density at radius 1 is 1.09 bits per heavy atom. The molecule has 6 nitrogen and oxygen atoms in total. The predicted molar refractivity (Wildman–Crippen MR) is 133 cm³/mol. The van der Waals surface area contributed by atoms with E-state index in [1.807, 2.05) is 24.0 Å². The lowest BCUT2D eigenvalue weighted by molar-refractivity contribution is -0.137. The third-order valence-corrected chi connectivity index (χ3v) is 6.88. The van der Waals surface area contributed by atoms with E-state index in [9.17, 15) is 14.0 Å². The van der Waals surface area contributed by atoms with Crippen LogP contribution >= 0.6 is 11.6 Å². The molecule has 0 saturated carbocycles. The van der Waals surface area contributed by atoms with E-state index in [2.05, 4.69) is 18.7 Å². The molecule has 1 heterocycles. The van der Waals surface area contributed by atoms with Crippen LogP contribution in [0.25, 0.3) is 0 Å². The summed E-state index contributed by atoms with van der Waals surface area (Å²) in [5.74, 6) is -0.368. The Balaban J connectivity index is 1.70. The molecule has 8 heteroatoms. The second kappa shape index (κ2) is 11.7. The van der Waals surface area contributed by atoms with Crippen molar-refractivity contribution in [2.24, 2.45) is 5.73 Å². The quantitative estimate of drug-likeness (QED) is 0.595. The Labute approximate surface area is 206 Å². The standard InChI is InChI=1S/C26H34ClFN4O2/c1-4-30(26(29)34)17-22(21-7-9-23(27)10-8-21)13-25(33)32-15-18(2)31(14-19(32)3)16-20-5-11-24(28)12-6-20/h5-12,18-19,22H,4,13-17H2,1-3H3,(H2,29,34)/t18-,19+,22?/m1/s1. The Kier molecular flexibility index (Phi) is 8.91. The van der Waals surface area contributed by atoms with Gasteiger partial charge in [0.2, 0.25) is 5.91 Å². The van der Waals surface area contributed by atoms with Gasteiger partial charge in [0.1, 0.15) is 5.82 Å². The van der Waals surface area contributed by atoms with Gasteiger partial charge >= 0.3 is 6.03 Å². The van der Waals surface area contributed by atoms with Gasteiger partial charge in [-0.2, -0.15) is 0 Å². The van der Waals surface area contributed by atoms with Crippen LogP contribution in [0.15, 0.2) is 48.5 Å². The maximum Gasteiger partial charge on any atom is 0.314 e. The van der Waals surface area contributed by atoms with Crippen molar-refractivity contribution in [1.82, 2.24) is 14.7 Å². The lowest BCUT2D eigenvalue weighted by atomic mass is 9.93. The second-order valence-corrected chi connectivity index (χ2v) is 9.57. The summed E-state index contributed by atoms with van der Waals surface area (Å²) < 4.78 is 13.2. The number of hydrogen-bond acceptors (Lipinski definition) is 3. The Hall–Kier alpha value is -2.64. The molecule has 184 valence electrons. The molecule has 0 aliphatic carbocycles. The van der Waals surface area contributed by atoms with Crippen molar-refractivity contribution in [3.05, 3.63) is 70.5 Å². The van der Waals surface area contributed by atoms with E-state index in [4.69, 9.17) is 17.3 Å². The summed E-state index contributed by atoms with van der Waals surface area (Å²) in [4.78, 5) is 31.1. The van der Waals surface area contributed by atoms with Crippen LogP contribution in [-0.2, 0) is 11.3 Å². The van der Waals surface area contributed by atoms with Crippen molar-refractivity contribution >= 4 is 23.5 Å². The van der Waals surface area contributed by atoms with Crippen LogP contribution in [-0.4, -0.2) is 64.9 Å². The zero-order valence-corrected chi connectivity index (χ0v) is 20.8. The van der Waals surface area contributed by atoms with Gasteiger partial charge in [0, 0.05) is 62.2 Å². The average molecular weight is 489 g/mol. The summed E-state index contributed by atoms with van der Waals surface area (Å²) in [5.41, 5.74) is 7.54. The van der Waals surface area contributed by atoms with E-state index < -0.39 is 6.03 Å². The number of nitrogens with zero attached hydrogens (tertiary/aromatic N) is 3. The molecule has 2 aromatic carbocycles. The SMILES string of the molecule is CCN(CC(CC(=O)N1C[C@@H](C)N(Cc2ccc(F)cc2)C[C@@H]1C)c1ccc(Cl)cc1)C(N)=O. The zero-order chi connectivity index (χ0) is 24.8. The van der Waals surface area contributed by atoms with Gasteiger partial charge in [0.05, 0.1) is 0 Å². The lowest BCUT2D eigenvalue weighted by Crippen LogP contribution is -2.57. The molecule has 3 atom stereocenters. The largest absolute Gasteiger partial charge is 0.351 e. The van der Waals surface area contributed by atoms with E-state index in [0.29, 0.717) is 31.2 Å². The minimum atomic E-state index is -0.495. The molecular weight excluding hydrogens is 455 g/mol. The van der Waals surface area contributed by atoms with Gasteiger partial charge in [-0.1, -0.05) is 35.9 Å². The molecule has 0 bridgehead atoms. The molecule has 1 saturated heterocycles. The van der Waals surface area contributed by atoms with E-state index >= 15 is 0 Å². The Bertz CT molecular complexity index is 970. The van der Waals surface area contributed by atoms with E-state index in [0.717, 1.165) is 17.7 Å². The van der Waals surface area contributed by atoms with Crippen LogP contribution < -0.4 is 5.73 Å². The van der Waals surface area contributed by atoms with Crippen molar-refractivity contribution < 1.29 is 14.0 Å². The molecule has 1 aliphatic rings. The number of piperazine rings is 1. The number of benzene rings is 2. The van der Waals surface area contributed by atoms with Crippen LogP contribution in [0.1, 0.15) is 44.2 Å². The number of urea groups is 1. The van der Waals surface area contributed by atoms with Gasteiger partial charge < -0.3 is 15.5 Å². The van der Waals surface area contributed by atoms with Gasteiger partial charge in [0.25, 0.3) is 0 Å². The molecule has 1 unspecified atom stereocenters. The molecule has 0 spiro atoms. The van der Waals surface area contributed by atoms with Crippen LogP contribution in [0.2, 0.25) is 5.02 Å². The fourth-order valence-electron chi connectivity index (χ4n) is 4.58. The molecule has 1 aliphatic heterocycles. The average Bonchev–Trinajstić information content (AvgIpc) is 2.80. The van der Waals surface area contributed by atoms with Gasteiger partial charge in [0.15, 0.2) is 0 Å². The first-order valence-corrected chi connectivity index (χ1v) is 12.1. The highest BCUT2D eigenvalue weighted by Crippen LogP contribution is 2.26. The van der Waals surface area contributed by atoms with Crippen molar-refractivity contribution in [3.8, 4) is 0 Å². The number of carbonyl (C=O) groups excluding carboxylic acids is 2. The number of rotatable bonds is 8. The van der Waals surface area contributed by atoms with Crippen molar-refractivity contribution in [1.29, 1.82) is 0 Å². The smallest absolute Gasteiger partial charge is 0.314 e. The summed E-state index contributed by atoms with van der Waals surface area (Å²) in [7, 11) is 0. The Morgan fingerprint density at radius 3 is 2.32 bits per heavy atom. The maximum absolute atomic E-state index is 13.5. The van der Waals surface area contributed by atoms with Gasteiger partial charge in [-0.3, -0.25) is 9.69 Å². The van der Waals surface area contributed by atoms with Crippen LogP contribution in [0.4, 0.5) is 9.18 Å². The highest BCUT2D eigenvalue weighted by molar-refractivity contribution is 6.30. The normalized spacial score (nSPS) is 19.6. The van der Waals surface area contributed by atoms with Crippen molar-refractivity contribution in [3.63, 3.8) is 0 Å². The highest BCUT2D eigenvalue weighted by atomic mass is 35.5. The first kappa shape index (κ1) is 26.0. The van der Waals surface area contributed by atoms with Gasteiger partial charge in [-0.15, -0.1) is 0 Å². The first-order valence-electron chi connectivity index (χ1n) is 11.8. The fraction of sp³-hybridized carbons (Fsp3) is 0.462. The summed E-state index contributed by atoms with van der Waals surface area (Å²) in [6.07, 6.45) is 0.278. The molecule has 0 radical (unpaired) electrons. The van der Waals surface area contributed by atoms with Crippen molar-refractivity contribution in [2.75, 3.05) is 26.2 Å². The first-order chi connectivity index (χ1) is 16.2. The number of nitrogens with two attached hydrogens (primary N) is 1. The molecule has 3 rings (SSSR count). The highest BCUT2D eigenvalue weighted by Gasteiger charge is 2.33. The third-order valence-electron chi connectivity index (χ3n) is 6.63. The number of likely N-dealkylation sites (N-methyl/N-ethyl adjacent to an activating group) is 1. The summed E-state index contributed by atoms with van der Waals surface area (Å²) in [5, 5.41) is 0.621. The number of carbonyl (C=O) groups is 2. The predicted octanol–water partition coefficient (Wildman–Crippen LogP) is 4.47. The van der Waals surface area contributed by atoms with E-state index in [1.54, 1.807) is 29.2 Å². The fourth-order valence-corrected chi connectivity index (χ4v) is 4.71. The minimum Gasteiger partial charge on any atom is -0.351 e. The molecule has 34 heavy (non-hydrogen) atoms. The number of halogens is 2. The molecular formula is C26H34ClFN4O2. The monoisotopic (exact) mass is 488 g/mol. The van der Waals surface area contributed by atoms with Gasteiger partial charge in [-0.05, 0) is 56.2 Å². The van der Waals surface area contributed by atoms with Crippen LogP contribution in [0.5, 0.6) is 0 Å². The van der Waals surface area contributed by atoms with Crippen LogP contribution in [0.3, 0.4) is 0 Å². The lowest BCUT2D eigenvalue weighted by Gasteiger charge is -2.44. The van der Waals surface area contributed by atoms with E-state index in [-0.39, 0.29) is 36.1 Å². The van der Waals surface area contributed by atoms with Gasteiger partial charge in [-0.25, -0.2) is 9.18 Å². The molecule has 0 aromatic heterocycles. The summed E-state index contributed by atoms with van der Waals surface area (Å²) in [6, 6.07) is 13.7. The third kappa shape index (κ3) is 6.70. The number of hydrogen-bond donors (Lipinski definition) is 1. The summed E-state index contributed by atoms with van der Waals surface area (Å²) >= 11 is 6.06. The van der Waals surface area contributed by atoms with Crippen molar-refractivity contribution in [2.45, 2.75) is 51.7 Å². The topological polar surface area (TPSA) is 69.9 Å². The molecule has 2 aromatic rings. The van der Waals surface area contributed by atoms with E-state index in [1.165, 1.54) is 12.1 Å². The Morgan fingerprint density at radius 2 is 1.74 bits per heavy atom. The van der Waals surface area contributed by atoms with Crippen LogP contribution in [0, 0.1) is 5.82 Å². The number of amides is 3. The maximum atomic E-state index is 13.5. The second-order valence-electron chi connectivity index (χ2n) is 9.13. The summed E-state index contributed by atoms with van der Waals surface area (Å²) in [6.45, 7) is 8.94. The minimum absolute atomic E-state index is 0.0356. The molecule has 1 fully saturated rings. The zero-order valence-electron chi connectivity index (χ0n) is 20.1. The molecule has 3 amide bonds.